The molecule has 0 saturated heterocycles. The summed E-state index contributed by atoms with van der Waals surface area (Å²) in [6, 6.07) is 0. The van der Waals surface area contributed by atoms with E-state index in [0.29, 0.717) is 18.4 Å². The maximum Gasteiger partial charge on any atom is 0.211 e. The summed E-state index contributed by atoms with van der Waals surface area (Å²) in [5.41, 5.74) is 0.942. The number of allylic oxidation sites excluding steroid dienone is 2. The minimum atomic E-state index is -0.734. The van der Waals surface area contributed by atoms with Gasteiger partial charge in [-0.05, 0) is 24.8 Å². The van der Waals surface area contributed by atoms with Crippen LogP contribution in [0.5, 0.6) is 0 Å². The number of unbranched alkanes of at least 4 members (excludes halogenated alkanes) is 3. The molecule has 0 bridgehead atoms. The van der Waals surface area contributed by atoms with Crippen molar-refractivity contribution in [2.24, 2.45) is 0 Å². The van der Waals surface area contributed by atoms with E-state index >= 15 is 0 Å². The van der Waals surface area contributed by atoms with Crippen LogP contribution in [0.3, 0.4) is 0 Å². The molecule has 0 aromatic rings. The van der Waals surface area contributed by atoms with E-state index in [0.717, 1.165) is 25.7 Å². The van der Waals surface area contributed by atoms with E-state index in [1.54, 1.807) is 0 Å². The minimum absolute atomic E-state index is 0.215. The summed E-state index contributed by atoms with van der Waals surface area (Å²) >= 11 is 0. The average Bonchev–Trinajstić information content (AvgIpc) is 2.30. The first-order valence-electron chi connectivity index (χ1n) is 5.83. The Morgan fingerprint density at radius 3 is 2.44 bits per heavy atom. The third-order valence-corrected chi connectivity index (χ3v) is 2.52. The summed E-state index contributed by atoms with van der Waals surface area (Å²) < 4.78 is 24.9. The zero-order valence-corrected chi connectivity index (χ0v) is 9.90. The van der Waals surface area contributed by atoms with Crippen LogP contribution in [0.25, 0.3) is 0 Å². The number of amides is 1. The van der Waals surface area contributed by atoms with E-state index < -0.39 is 13.3 Å². The first-order valence-corrected chi connectivity index (χ1v) is 5.83. The molecule has 0 aliphatic rings. The van der Waals surface area contributed by atoms with Gasteiger partial charge in [0.25, 0.3) is 0 Å². The molecule has 0 heterocycles. The van der Waals surface area contributed by atoms with E-state index in [1.807, 2.05) is 0 Å². The van der Waals surface area contributed by atoms with Crippen molar-refractivity contribution in [2.75, 3.05) is 13.3 Å². The van der Waals surface area contributed by atoms with Crippen molar-refractivity contribution in [1.82, 2.24) is 5.32 Å². The van der Waals surface area contributed by atoms with Gasteiger partial charge in [-0.3, -0.25) is 9.18 Å². The Kier molecular flexibility index (Phi) is 9.97. The first-order chi connectivity index (χ1) is 7.79. The Morgan fingerprint density at radius 1 is 1.19 bits per heavy atom. The number of halogens is 2. The molecular weight excluding hydrogens is 212 g/mol. The third kappa shape index (κ3) is 6.53. The predicted molar refractivity (Wildman–Crippen MR) is 61.6 cm³/mol. The SMILES string of the molecule is CCCCCC/C(CCF)=C(\CF)NC=O. The molecule has 1 amide bonds. The molecule has 1 N–H and O–H groups in total. The Morgan fingerprint density at radius 2 is 1.94 bits per heavy atom. The summed E-state index contributed by atoms with van der Waals surface area (Å²) in [4.78, 5) is 10.3. The minimum Gasteiger partial charge on any atom is -0.330 e. The molecule has 0 spiro atoms. The molecule has 0 saturated carbocycles. The number of carbonyl (C=O) groups is 1. The van der Waals surface area contributed by atoms with Gasteiger partial charge in [-0.2, -0.15) is 0 Å². The van der Waals surface area contributed by atoms with Gasteiger partial charge in [-0.15, -0.1) is 0 Å². The lowest BCUT2D eigenvalue weighted by molar-refractivity contribution is -0.109. The Hall–Kier alpha value is -0.930. The maximum absolute atomic E-state index is 12.6. The topological polar surface area (TPSA) is 29.1 Å². The van der Waals surface area contributed by atoms with Gasteiger partial charge in [0.1, 0.15) is 6.67 Å². The van der Waals surface area contributed by atoms with Gasteiger partial charge in [-0.25, -0.2) is 4.39 Å². The highest BCUT2D eigenvalue weighted by Crippen LogP contribution is 2.17. The van der Waals surface area contributed by atoms with Gasteiger partial charge in [0.15, 0.2) is 0 Å². The fourth-order valence-electron chi connectivity index (χ4n) is 1.61. The lowest BCUT2D eigenvalue weighted by Gasteiger charge is -2.10. The summed E-state index contributed by atoms with van der Waals surface area (Å²) in [6.45, 7) is 0.869. The van der Waals surface area contributed by atoms with Gasteiger partial charge >= 0.3 is 0 Å². The van der Waals surface area contributed by atoms with Crippen LogP contribution in [0.1, 0.15) is 45.4 Å². The number of carbonyl (C=O) groups excluding carboxylic acids is 1. The molecule has 0 fully saturated rings. The van der Waals surface area contributed by atoms with E-state index in [1.165, 1.54) is 0 Å². The highest BCUT2D eigenvalue weighted by molar-refractivity contribution is 5.50. The molecule has 94 valence electrons. The van der Waals surface area contributed by atoms with Gasteiger partial charge in [0.05, 0.1) is 6.67 Å². The predicted octanol–water partition coefficient (Wildman–Crippen LogP) is 3.29. The maximum atomic E-state index is 12.6. The van der Waals surface area contributed by atoms with Crippen molar-refractivity contribution < 1.29 is 13.6 Å². The second-order valence-corrected chi connectivity index (χ2v) is 3.73. The monoisotopic (exact) mass is 233 g/mol. The number of hydrogen-bond donors (Lipinski definition) is 1. The first kappa shape index (κ1) is 15.1. The molecule has 0 aromatic heterocycles. The molecule has 0 aliphatic heterocycles. The fraction of sp³-hybridized carbons (Fsp3) is 0.750. The molecule has 16 heavy (non-hydrogen) atoms. The number of alkyl halides is 2. The normalized spacial score (nSPS) is 12.2. The highest BCUT2D eigenvalue weighted by atomic mass is 19.1. The van der Waals surface area contributed by atoms with Crippen LogP contribution in [-0.2, 0) is 4.79 Å². The zero-order valence-electron chi connectivity index (χ0n) is 9.90. The summed E-state index contributed by atoms with van der Waals surface area (Å²) in [5.74, 6) is 0. The molecule has 0 atom stereocenters. The van der Waals surface area contributed by atoms with Crippen molar-refractivity contribution in [3.05, 3.63) is 11.3 Å². The Labute approximate surface area is 96.1 Å². The molecule has 0 rings (SSSR count). The highest BCUT2D eigenvalue weighted by Gasteiger charge is 2.06. The van der Waals surface area contributed by atoms with Crippen molar-refractivity contribution in [2.45, 2.75) is 45.4 Å². The van der Waals surface area contributed by atoms with Gasteiger partial charge in [0, 0.05) is 5.70 Å². The van der Waals surface area contributed by atoms with Crippen molar-refractivity contribution in [3.63, 3.8) is 0 Å². The van der Waals surface area contributed by atoms with E-state index in [9.17, 15) is 13.6 Å². The second-order valence-electron chi connectivity index (χ2n) is 3.73. The Balaban J connectivity index is 4.25. The van der Waals surface area contributed by atoms with E-state index in [4.69, 9.17) is 0 Å². The average molecular weight is 233 g/mol. The number of nitrogens with one attached hydrogen (secondary N) is 1. The molecule has 2 nitrogen and oxygen atoms in total. The summed E-state index contributed by atoms with van der Waals surface area (Å²) in [6.07, 6.45) is 5.58. The van der Waals surface area contributed by atoms with E-state index in [2.05, 4.69) is 12.2 Å². The smallest absolute Gasteiger partial charge is 0.211 e. The number of rotatable bonds is 10. The fourth-order valence-corrected chi connectivity index (χ4v) is 1.61. The molecule has 0 aromatic carbocycles. The second kappa shape index (κ2) is 10.6. The standard InChI is InChI=1S/C12H21F2NO/c1-2-3-4-5-6-11(7-8-13)12(9-14)15-10-16/h10H,2-9H2,1H3,(H,15,16)/b12-11-. The zero-order chi connectivity index (χ0) is 12.2. The lowest BCUT2D eigenvalue weighted by atomic mass is 10.0. The summed E-state index contributed by atoms with van der Waals surface area (Å²) in [7, 11) is 0. The van der Waals surface area contributed by atoms with Crippen molar-refractivity contribution in [3.8, 4) is 0 Å². The lowest BCUT2D eigenvalue weighted by Crippen LogP contribution is -2.15. The molecular formula is C12H21F2NO. The van der Waals surface area contributed by atoms with Crippen molar-refractivity contribution >= 4 is 6.41 Å². The molecule has 0 unspecified atom stereocenters. The molecule has 0 aliphatic carbocycles. The van der Waals surface area contributed by atoms with Crippen LogP contribution in [-0.4, -0.2) is 19.8 Å². The van der Waals surface area contributed by atoms with Crippen LogP contribution >= 0.6 is 0 Å². The quantitative estimate of drug-likeness (QED) is 0.455. The number of hydrogen-bond acceptors (Lipinski definition) is 1. The van der Waals surface area contributed by atoms with Gasteiger partial charge in [0.2, 0.25) is 6.41 Å². The largest absolute Gasteiger partial charge is 0.330 e. The van der Waals surface area contributed by atoms with Crippen LogP contribution < -0.4 is 5.32 Å². The third-order valence-electron chi connectivity index (χ3n) is 2.52. The van der Waals surface area contributed by atoms with Crippen LogP contribution in [0.4, 0.5) is 8.78 Å². The van der Waals surface area contributed by atoms with E-state index in [-0.39, 0.29) is 12.1 Å². The van der Waals surface area contributed by atoms with Crippen LogP contribution in [0.2, 0.25) is 0 Å². The van der Waals surface area contributed by atoms with Gasteiger partial charge in [-0.1, -0.05) is 26.2 Å². The van der Waals surface area contributed by atoms with Crippen LogP contribution in [0, 0.1) is 0 Å². The molecule has 0 radical (unpaired) electrons. The van der Waals surface area contributed by atoms with Gasteiger partial charge < -0.3 is 5.32 Å². The summed E-state index contributed by atoms with van der Waals surface area (Å²) in [5, 5.41) is 2.32. The Bertz CT molecular complexity index is 217. The molecule has 4 heteroatoms. The van der Waals surface area contributed by atoms with Crippen molar-refractivity contribution in [1.29, 1.82) is 0 Å². The van der Waals surface area contributed by atoms with Crippen LogP contribution in [0.15, 0.2) is 11.3 Å².